The highest BCUT2D eigenvalue weighted by Crippen LogP contribution is 2.16. The largest absolute Gasteiger partial charge is 0.352 e. The fourth-order valence-corrected chi connectivity index (χ4v) is 3.59. The molecule has 1 amide bonds. The highest BCUT2D eigenvalue weighted by Gasteiger charge is 2.17. The average Bonchev–Trinajstić information content (AvgIpc) is 3.16. The highest BCUT2D eigenvalue weighted by atomic mass is 16.1. The van der Waals surface area contributed by atoms with Crippen molar-refractivity contribution in [2.45, 2.75) is 51.6 Å². The van der Waals surface area contributed by atoms with Crippen molar-refractivity contribution < 1.29 is 4.79 Å². The molecule has 1 fully saturated rings. The molecule has 5 heteroatoms. The van der Waals surface area contributed by atoms with Gasteiger partial charge in [-0.05, 0) is 63.4 Å². The van der Waals surface area contributed by atoms with E-state index in [1.54, 1.807) is 12.5 Å². The molecular formula is C21H30N4O. The zero-order valence-electron chi connectivity index (χ0n) is 15.7. The molecule has 0 bridgehead atoms. The van der Waals surface area contributed by atoms with Crippen LogP contribution in [0.3, 0.4) is 0 Å². The van der Waals surface area contributed by atoms with Crippen molar-refractivity contribution in [1.29, 1.82) is 0 Å². The first-order valence-electron chi connectivity index (χ1n) is 9.79. The number of nitrogens with one attached hydrogen (secondary N) is 1. The maximum atomic E-state index is 12.3. The van der Waals surface area contributed by atoms with E-state index in [9.17, 15) is 4.79 Å². The average molecular weight is 354 g/mol. The van der Waals surface area contributed by atoms with Gasteiger partial charge in [-0.1, -0.05) is 18.6 Å². The lowest BCUT2D eigenvalue weighted by molar-refractivity contribution is 0.0951. The van der Waals surface area contributed by atoms with E-state index in [1.165, 1.54) is 25.8 Å². The molecule has 0 spiro atoms. The molecule has 1 aromatic heterocycles. The highest BCUT2D eigenvalue weighted by molar-refractivity contribution is 5.94. The van der Waals surface area contributed by atoms with Gasteiger partial charge in [0.05, 0.1) is 6.33 Å². The first-order chi connectivity index (χ1) is 12.7. The van der Waals surface area contributed by atoms with Crippen LogP contribution in [0.2, 0.25) is 0 Å². The van der Waals surface area contributed by atoms with E-state index in [1.807, 2.05) is 35.0 Å². The molecule has 1 aromatic carbocycles. The Kier molecular flexibility index (Phi) is 6.83. The molecule has 1 N–H and O–H groups in total. The number of aromatic nitrogens is 2. The first kappa shape index (κ1) is 18.6. The van der Waals surface area contributed by atoms with E-state index in [0.717, 1.165) is 49.6 Å². The number of likely N-dealkylation sites (tertiary alicyclic amines) is 1. The Morgan fingerprint density at radius 3 is 2.81 bits per heavy atom. The second-order valence-electron chi connectivity index (χ2n) is 7.28. The fraction of sp³-hybridized carbons (Fsp3) is 0.524. The summed E-state index contributed by atoms with van der Waals surface area (Å²) in [7, 11) is 0. The Morgan fingerprint density at radius 1 is 1.23 bits per heavy atom. The molecule has 0 radical (unpaired) electrons. The quantitative estimate of drug-likeness (QED) is 0.740. The van der Waals surface area contributed by atoms with E-state index in [0.29, 0.717) is 0 Å². The lowest BCUT2D eigenvalue weighted by Gasteiger charge is -2.33. The van der Waals surface area contributed by atoms with E-state index in [4.69, 9.17) is 0 Å². The van der Waals surface area contributed by atoms with E-state index in [2.05, 4.69) is 22.1 Å². The van der Waals surface area contributed by atoms with Crippen molar-refractivity contribution in [2.75, 3.05) is 19.6 Å². The van der Waals surface area contributed by atoms with Crippen LogP contribution in [0.25, 0.3) is 0 Å². The van der Waals surface area contributed by atoms with Crippen LogP contribution < -0.4 is 5.32 Å². The summed E-state index contributed by atoms with van der Waals surface area (Å²) in [6, 6.07) is 8.53. The van der Waals surface area contributed by atoms with Crippen molar-refractivity contribution in [3.8, 4) is 0 Å². The second-order valence-corrected chi connectivity index (χ2v) is 7.28. The summed E-state index contributed by atoms with van der Waals surface area (Å²) in [4.78, 5) is 18.9. The lowest BCUT2D eigenvalue weighted by Crippen LogP contribution is -2.38. The molecule has 1 atom stereocenters. The van der Waals surface area contributed by atoms with Crippen molar-refractivity contribution >= 4 is 5.91 Å². The van der Waals surface area contributed by atoms with Gasteiger partial charge in [-0.2, -0.15) is 0 Å². The third-order valence-corrected chi connectivity index (χ3v) is 5.24. The van der Waals surface area contributed by atoms with Crippen molar-refractivity contribution in [3.63, 3.8) is 0 Å². The first-order valence-corrected chi connectivity index (χ1v) is 9.79. The Morgan fingerprint density at radius 2 is 2.08 bits per heavy atom. The predicted octanol–water partition coefficient (Wildman–Crippen LogP) is 3.32. The van der Waals surface area contributed by atoms with Gasteiger partial charge in [-0.25, -0.2) is 4.98 Å². The maximum absolute atomic E-state index is 12.3. The number of benzene rings is 1. The van der Waals surface area contributed by atoms with Gasteiger partial charge in [0.15, 0.2) is 0 Å². The summed E-state index contributed by atoms with van der Waals surface area (Å²) in [6.07, 6.45) is 11.7. The van der Waals surface area contributed by atoms with Crippen LogP contribution in [0.1, 0.15) is 54.9 Å². The van der Waals surface area contributed by atoms with Gasteiger partial charge in [0.25, 0.3) is 5.91 Å². The number of hydrogen-bond acceptors (Lipinski definition) is 3. The van der Waals surface area contributed by atoms with Crippen LogP contribution in [-0.2, 0) is 6.54 Å². The zero-order valence-corrected chi connectivity index (χ0v) is 15.7. The summed E-state index contributed by atoms with van der Waals surface area (Å²) in [6.45, 7) is 6.24. The number of carbonyl (C=O) groups is 1. The number of piperidine rings is 1. The molecule has 2 heterocycles. The van der Waals surface area contributed by atoms with E-state index in [-0.39, 0.29) is 5.91 Å². The van der Waals surface area contributed by atoms with Gasteiger partial charge in [0, 0.05) is 37.1 Å². The molecule has 0 aliphatic carbocycles. The summed E-state index contributed by atoms with van der Waals surface area (Å²) in [5.74, 6) is 0.0190. The van der Waals surface area contributed by atoms with Gasteiger partial charge >= 0.3 is 0 Å². The van der Waals surface area contributed by atoms with E-state index < -0.39 is 0 Å². The van der Waals surface area contributed by atoms with Crippen LogP contribution in [-0.4, -0.2) is 46.0 Å². The van der Waals surface area contributed by atoms with Gasteiger partial charge in [-0.3, -0.25) is 4.79 Å². The molecule has 26 heavy (non-hydrogen) atoms. The van der Waals surface area contributed by atoms with Gasteiger partial charge in [0.2, 0.25) is 0 Å². The second kappa shape index (κ2) is 9.53. The van der Waals surface area contributed by atoms with Gasteiger partial charge in [0.1, 0.15) is 0 Å². The SMILES string of the molecule is CC1CCCCN1CCCCNC(=O)c1ccc(Cn2ccnc2)cc1. The minimum absolute atomic E-state index is 0.0190. The number of amides is 1. The molecule has 5 nitrogen and oxygen atoms in total. The lowest BCUT2D eigenvalue weighted by atomic mass is 10.0. The van der Waals surface area contributed by atoms with Crippen LogP contribution in [0.5, 0.6) is 0 Å². The molecule has 1 aliphatic rings. The van der Waals surface area contributed by atoms with Gasteiger partial charge < -0.3 is 14.8 Å². The van der Waals surface area contributed by atoms with Gasteiger partial charge in [-0.15, -0.1) is 0 Å². The number of hydrogen-bond donors (Lipinski definition) is 1. The molecule has 2 aromatic rings. The Balaban J connectivity index is 1.35. The molecular weight excluding hydrogens is 324 g/mol. The van der Waals surface area contributed by atoms with Crippen LogP contribution in [0.15, 0.2) is 43.0 Å². The maximum Gasteiger partial charge on any atom is 0.251 e. The normalized spacial score (nSPS) is 18.0. The minimum atomic E-state index is 0.0190. The van der Waals surface area contributed by atoms with Crippen LogP contribution >= 0.6 is 0 Å². The zero-order chi connectivity index (χ0) is 18.2. The number of imidazole rings is 1. The molecule has 140 valence electrons. The predicted molar refractivity (Wildman–Crippen MR) is 104 cm³/mol. The summed E-state index contributed by atoms with van der Waals surface area (Å²) in [5.41, 5.74) is 1.89. The standard InChI is InChI=1S/C21H30N4O/c1-18-6-2-4-13-25(18)14-5-3-11-23-21(26)20-9-7-19(8-10-20)16-24-15-12-22-17-24/h7-10,12,15,17-18H,2-6,11,13-14,16H2,1H3,(H,23,26). The summed E-state index contributed by atoms with van der Waals surface area (Å²) < 4.78 is 2.01. The minimum Gasteiger partial charge on any atom is -0.352 e. The fourth-order valence-electron chi connectivity index (χ4n) is 3.59. The van der Waals surface area contributed by atoms with Crippen molar-refractivity contribution in [2.24, 2.45) is 0 Å². The van der Waals surface area contributed by atoms with Crippen molar-refractivity contribution in [3.05, 3.63) is 54.1 Å². The monoisotopic (exact) mass is 354 g/mol. The molecule has 3 rings (SSSR count). The number of rotatable bonds is 8. The Hall–Kier alpha value is -2.14. The van der Waals surface area contributed by atoms with E-state index >= 15 is 0 Å². The molecule has 1 unspecified atom stereocenters. The third-order valence-electron chi connectivity index (χ3n) is 5.24. The smallest absolute Gasteiger partial charge is 0.251 e. The number of carbonyl (C=O) groups excluding carboxylic acids is 1. The third kappa shape index (κ3) is 5.43. The molecule has 0 saturated carbocycles. The van der Waals surface area contributed by atoms with Crippen molar-refractivity contribution in [1.82, 2.24) is 19.8 Å². The Bertz CT molecular complexity index is 666. The summed E-state index contributed by atoms with van der Waals surface area (Å²) >= 11 is 0. The van der Waals surface area contributed by atoms with Crippen LogP contribution in [0.4, 0.5) is 0 Å². The summed E-state index contributed by atoms with van der Waals surface area (Å²) in [5, 5.41) is 3.04. The molecule has 1 aliphatic heterocycles. The number of unbranched alkanes of at least 4 members (excludes halogenated alkanes) is 1. The molecule has 1 saturated heterocycles. The Labute approximate surface area is 156 Å². The topological polar surface area (TPSA) is 50.2 Å². The van der Waals surface area contributed by atoms with Crippen LogP contribution in [0, 0.1) is 0 Å². The number of nitrogens with zero attached hydrogens (tertiary/aromatic N) is 3.